The highest BCUT2D eigenvalue weighted by molar-refractivity contribution is 9.10. The van der Waals surface area contributed by atoms with Gasteiger partial charge in [0.05, 0.1) is 12.2 Å². The van der Waals surface area contributed by atoms with E-state index >= 15 is 0 Å². The summed E-state index contributed by atoms with van der Waals surface area (Å²) in [6.07, 6.45) is 0.315. The fourth-order valence-corrected chi connectivity index (χ4v) is 1.80. The SMILES string of the molecule is Cc1cc(OC(C)C)c(Br)c(OC(C)C)c1. The number of hydrogen-bond donors (Lipinski definition) is 0. The molecule has 1 aromatic rings. The highest BCUT2D eigenvalue weighted by atomic mass is 79.9. The number of ether oxygens (including phenoxy) is 2. The molecule has 0 radical (unpaired) electrons. The summed E-state index contributed by atoms with van der Waals surface area (Å²) < 4.78 is 12.3. The van der Waals surface area contributed by atoms with Gasteiger partial charge in [-0.25, -0.2) is 0 Å². The van der Waals surface area contributed by atoms with E-state index in [1.54, 1.807) is 0 Å². The second kappa shape index (κ2) is 5.58. The largest absolute Gasteiger partial charge is 0.490 e. The van der Waals surface area contributed by atoms with Gasteiger partial charge in [-0.1, -0.05) is 0 Å². The minimum absolute atomic E-state index is 0.157. The number of halogens is 1. The molecule has 0 aromatic heterocycles. The molecule has 90 valence electrons. The van der Waals surface area contributed by atoms with E-state index in [1.807, 2.05) is 46.8 Å². The molecule has 0 N–H and O–H groups in total. The van der Waals surface area contributed by atoms with Crippen LogP contribution in [0.25, 0.3) is 0 Å². The number of hydrogen-bond acceptors (Lipinski definition) is 2. The van der Waals surface area contributed by atoms with Crippen LogP contribution in [-0.4, -0.2) is 12.2 Å². The summed E-state index contributed by atoms with van der Waals surface area (Å²) in [5, 5.41) is 0. The normalized spacial score (nSPS) is 11.0. The van der Waals surface area contributed by atoms with Gasteiger partial charge in [-0.05, 0) is 68.2 Å². The van der Waals surface area contributed by atoms with Gasteiger partial charge in [0.25, 0.3) is 0 Å². The zero-order valence-corrected chi connectivity index (χ0v) is 12.1. The molecular formula is C13H19BrO2. The van der Waals surface area contributed by atoms with Crippen molar-refractivity contribution in [2.45, 2.75) is 46.8 Å². The van der Waals surface area contributed by atoms with Crippen molar-refractivity contribution >= 4 is 15.9 Å². The maximum atomic E-state index is 5.72. The van der Waals surface area contributed by atoms with Gasteiger partial charge in [-0.15, -0.1) is 0 Å². The first-order chi connectivity index (χ1) is 7.40. The molecule has 0 aliphatic carbocycles. The average Bonchev–Trinajstić information content (AvgIpc) is 2.11. The molecule has 0 atom stereocenters. The quantitative estimate of drug-likeness (QED) is 0.820. The van der Waals surface area contributed by atoms with Gasteiger partial charge in [0, 0.05) is 0 Å². The number of benzene rings is 1. The molecule has 0 bridgehead atoms. The Hall–Kier alpha value is -0.700. The van der Waals surface area contributed by atoms with Crippen molar-refractivity contribution in [2.75, 3.05) is 0 Å². The topological polar surface area (TPSA) is 18.5 Å². The van der Waals surface area contributed by atoms with Gasteiger partial charge >= 0.3 is 0 Å². The van der Waals surface area contributed by atoms with Gasteiger partial charge in [-0.3, -0.25) is 0 Å². The molecule has 1 rings (SSSR count). The van der Waals surface area contributed by atoms with Gasteiger partial charge in [-0.2, -0.15) is 0 Å². The van der Waals surface area contributed by atoms with E-state index in [9.17, 15) is 0 Å². The predicted octanol–water partition coefficient (Wildman–Crippen LogP) is 4.33. The van der Waals surface area contributed by atoms with Gasteiger partial charge in [0.15, 0.2) is 0 Å². The van der Waals surface area contributed by atoms with Crippen molar-refractivity contribution in [1.29, 1.82) is 0 Å². The van der Waals surface area contributed by atoms with E-state index in [4.69, 9.17) is 9.47 Å². The lowest BCUT2D eigenvalue weighted by Gasteiger charge is -2.17. The Morgan fingerprint density at radius 1 is 0.938 bits per heavy atom. The molecule has 2 nitrogen and oxygen atoms in total. The second-order valence-corrected chi connectivity index (χ2v) is 5.20. The third-order valence-electron chi connectivity index (χ3n) is 1.88. The Labute approximate surface area is 106 Å². The number of rotatable bonds is 4. The van der Waals surface area contributed by atoms with Gasteiger partial charge in [0.2, 0.25) is 0 Å². The van der Waals surface area contributed by atoms with Crippen LogP contribution in [0.1, 0.15) is 33.3 Å². The minimum atomic E-state index is 0.157. The Balaban J connectivity index is 3.05. The standard InChI is InChI=1S/C13H19BrO2/c1-8(2)15-11-6-10(5)7-12(13(11)14)16-9(3)4/h6-9H,1-5H3. The van der Waals surface area contributed by atoms with Crippen molar-refractivity contribution in [3.63, 3.8) is 0 Å². The van der Waals surface area contributed by atoms with Crippen LogP contribution in [0.5, 0.6) is 11.5 Å². The molecule has 0 unspecified atom stereocenters. The first-order valence-electron chi connectivity index (χ1n) is 5.53. The third kappa shape index (κ3) is 3.71. The smallest absolute Gasteiger partial charge is 0.137 e. The van der Waals surface area contributed by atoms with E-state index in [0.29, 0.717) is 0 Å². The van der Waals surface area contributed by atoms with Crippen LogP contribution in [0.2, 0.25) is 0 Å². The molecule has 0 amide bonds. The molecule has 0 heterocycles. The highest BCUT2D eigenvalue weighted by Gasteiger charge is 2.12. The van der Waals surface area contributed by atoms with E-state index < -0.39 is 0 Å². The zero-order valence-electron chi connectivity index (χ0n) is 10.5. The summed E-state index contributed by atoms with van der Waals surface area (Å²) in [7, 11) is 0. The van der Waals surface area contributed by atoms with E-state index in [-0.39, 0.29) is 12.2 Å². The van der Waals surface area contributed by atoms with E-state index in [0.717, 1.165) is 21.5 Å². The third-order valence-corrected chi connectivity index (χ3v) is 2.66. The summed E-state index contributed by atoms with van der Waals surface area (Å²) in [5.41, 5.74) is 1.13. The van der Waals surface area contributed by atoms with Crippen molar-refractivity contribution in [3.05, 3.63) is 22.2 Å². The molecule has 0 fully saturated rings. The Kier molecular flexibility index (Phi) is 4.66. The lowest BCUT2D eigenvalue weighted by molar-refractivity contribution is 0.226. The fraction of sp³-hybridized carbons (Fsp3) is 0.538. The fourth-order valence-electron chi connectivity index (χ4n) is 1.38. The van der Waals surface area contributed by atoms with Crippen molar-refractivity contribution < 1.29 is 9.47 Å². The van der Waals surface area contributed by atoms with Crippen LogP contribution < -0.4 is 9.47 Å². The van der Waals surface area contributed by atoms with Crippen LogP contribution in [-0.2, 0) is 0 Å². The Bertz CT molecular complexity index is 328. The van der Waals surface area contributed by atoms with Crippen LogP contribution in [0.15, 0.2) is 16.6 Å². The molecule has 0 saturated heterocycles. The minimum Gasteiger partial charge on any atom is -0.490 e. The monoisotopic (exact) mass is 286 g/mol. The summed E-state index contributed by atoms with van der Waals surface area (Å²) in [4.78, 5) is 0. The van der Waals surface area contributed by atoms with Gasteiger partial charge in [0.1, 0.15) is 16.0 Å². The van der Waals surface area contributed by atoms with E-state index in [1.165, 1.54) is 0 Å². The summed E-state index contributed by atoms with van der Waals surface area (Å²) >= 11 is 3.52. The maximum absolute atomic E-state index is 5.72. The first kappa shape index (κ1) is 13.4. The molecule has 1 aromatic carbocycles. The van der Waals surface area contributed by atoms with Crippen LogP contribution in [0, 0.1) is 6.92 Å². The Morgan fingerprint density at radius 3 is 1.62 bits per heavy atom. The molecule has 3 heteroatoms. The number of aryl methyl sites for hydroxylation is 1. The van der Waals surface area contributed by atoms with Crippen LogP contribution in [0.3, 0.4) is 0 Å². The zero-order chi connectivity index (χ0) is 12.3. The highest BCUT2D eigenvalue weighted by Crippen LogP contribution is 2.36. The lowest BCUT2D eigenvalue weighted by Crippen LogP contribution is -2.09. The van der Waals surface area contributed by atoms with Crippen LogP contribution in [0.4, 0.5) is 0 Å². The summed E-state index contributed by atoms with van der Waals surface area (Å²) in [6.45, 7) is 10.1. The molecule has 0 saturated carbocycles. The maximum Gasteiger partial charge on any atom is 0.137 e. The average molecular weight is 287 g/mol. The molecule has 0 aliphatic rings. The molecule has 0 spiro atoms. The Morgan fingerprint density at radius 2 is 1.31 bits per heavy atom. The molecular weight excluding hydrogens is 268 g/mol. The first-order valence-corrected chi connectivity index (χ1v) is 6.33. The second-order valence-electron chi connectivity index (χ2n) is 4.41. The van der Waals surface area contributed by atoms with Crippen molar-refractivity contribution in [1.82, 2.24) is 0 Å². The summed E-state index contributed by atoms with van der Waals surface area (Å²) in [6, 6.07) is 4.02. The summed E-state index contributed by atoms with van der Waals surface area (Å²) in [5.74, 6) is 1.68. The lowest BCUT2D eigenvalue weighted by atomic mass is 10.2. The van der Waals surface area contributed by atoms with Crippen molar-refractivity contribution in [3.8, 4) is 11.5 Å². The van der Waals surface area contributed by atoms with Gasteiger partial charge < -0.3 is 9.47 Å². The molecule has 16 heavy (non-hydrogen) atoms. The van der Waals surface area contributed by atoms with Crippen molar-refractivity contribution in [2.24, 2.45) is 0 Å². The van der Waals surface area contributed by atoms with E-state index in [2.05, 4.69) is 15.9 Å². The predicted molar refractivity (Wildman–Crippen MR) is 70.4 cm³/mol. The van der Waals surface area contributed by atoms with Crippen LogP contribution >= 0.6 is 15.9 Å². The molecule has 0 aliphatic heterocycles.